The lowest BCUT2D eigenvalue weighted by molar-refractivity contribution is 0.193. The second kappa shape index (κ2) is 5.83. The van der Waals surface area contributed by atoms with Crippen LogP contribution in [0.5, 0.6) is 0 Å². The minimum Gasteiger partial charge on any atom is -0.398 e. The van der Waals surface area contributed by atoms with Gasteiger partial charge in [-0.05, 0) is 32.0 Å². The number of imidazole rings is 1. The minimum absolute atomic E-state index is 0.774. The fraction of sp³-hybridized carbons (Fsp3) is 0.562. The number of rotatable bonds is 4. The Bertz CT molecular complexity index is 569. The molecule has 0 bridgehead atoms. The first kappa shape index (κ1) is 13.4. The minimum atomic E-state index is 0.774. The molecule has 0 amide bonds. The van der Waals surface area contributed by atoms with Gasteiger partial charge < -0.3 is 15.0 Å². The van der Waals surface area contributed by atoms with Crippen LogP contribution in [0.3, 0.4) is 0 Å². The monoisotopic (exact) mass is 272 g/mol. The lowest BCUT2D eigenvalue weighted by Crippen LogP contribution is -2.34. The number of hydrogen-bond acceptors (Lipinski definition) is 3. The molecule has 2 aromatic heterocycles. The number of anilines is 1. The van der Waals surface area contributed by atoms with Crippen molar-refractivity contribution >= 4 is 11.3 Å². The van der Waals surface area contributed by atoms with E-state index in [4.69, 9.17) is 5.73 Å². The van der Waals surface area contributed by atoms with Crippen molar-refractivity contribution in [1.82, 2.24) is 14.3 Å². The second-order valence-corrected chi connectivity index (χ2v) is 5.98. The summed E-state index contributed by atoms with van der Waals surface area (Å²) in [5.74, 6) is 0. The molecule has 2 N–H and O–H groups in total. The maximum absolute atomic E-state index is 5.80. The summed E-state index contributed by atoms with van der Waals surface area (Å²) < 4.78 is 2.02. The molecule has 1 fully saturated rings. The Labute approximate surface area is 120 Å². The summed E-state index contributed by atoms with van der Waals surface area (Å²) in [5.41, 5.74) is 8.71. The van der Waals surface area contributed by atoms with Crippen LogP contribution in [-0.4, -0.2) is 33.9 Å². The Hall–Kier alpha value is -1.55. The summed E-state index contributed by atoms with van der Waals surface area (Å²) in [4.78, 5) is 7.16. The molecule has 0 aliphatic heterocycles. The molecule has 0 unspecified atom stereocenters. The molecule has 0 aromatic carbocycles. The van der Waals surface area contributed by atoms with Crippen molar-refractivity contribution in [2.75, 3.05) is 19.3 Å². The number of pyridine rings is 1. The maximum atomic E-state index is 5.80. The zero-order valence-electron chi connectivity index (χ0n) is 12.3. The van der Waals surface area contributed by atoms with Gasteiger partial charge in [-0.15, -0.1) is 0 Å². The maximum Gasteiger partial charge on any atom is 0.137 e. The zero-order chi connectivity index (χ0) is 13.9. The first-order valence-corrected chi connectivity index (χ1v) is 7.66. The second-order valence-electron chi connectivity index (χ2n) is 5.98. The lowest BCUT2D eigenvalue weighted by Gasteiger charge is -2.30. The van der Waals surface area contributed by atoms with Crippen LogP contribution >= 0.6 is 0 Å². The van der Waals surface area contributed by atoms with Gasteiger partial charge in [-0.2, -0.15) is 0 Å². The van der Waals surface area contributed by atoms with Gasteiger partial charge in [0.2, 0.25) is 0 Å². The van der Waals surface area contributed by atoms with Gasteiger partial charge in [0.1, 0.15) is 5.65 Å². The summed E-state index contributed by atoms with van der Waals surface area (Å²) in [6.07, 6.45) is 11.9. The molecule has 20 heavy (non-hydrogen) atoms. The van der Waals surface area contributed by atoms with E-state index in [0.29, 0.717) is 0 Å². The molecule has 2 heterocycles. The van der Waals surface area contributed by atoms with Crippen LogP contribution in [-0.2, 0) is 6.42 Å². The number of fused-ring (bicyclic) bond motifs is 1. The molecule has 2 aromatic rings. The van der Waals surface area contributed by atoms with Crippen LogP contribution in [0.1, 0.15) is 37.8 Å². The number of hydrogen-bond donors (Lipinski definition) is 1. The topological polar surface area (TPSA) is 46.6 Å². The summed E-state index contributed by atoms with van der Waals surface area (Å²) in [7, 11) is 2.25. The van der Waals surface area contributed by atoms with E-state index in [1.165, 1.54) is 32.1 Å². The van der Waals surface area contributed by atoms with E-state index in [2.05, 4.69) is 23.1 Å². The number of nitrogen functional groups attached to an aromatic ring is 1. The molecule has 1 aliphatic carbocycles. The van der Waals surface area contributed by atoms with E-state index >= 15 is 0 Å². The standard InChI is InChI=1S/C16H24N4/c1-19(15-5-3-2-4-6-15)10-9-14-12-20-11-13(17)7-8-16(20)18-14/h7-8,11-12,15H,2-6,9-10,17H2,1H3. The smallest absolute Gasteiger partial charge is 0.137 e. The van der Waals surface area contributed by atoms with Gasteiger partial charge in [0.15, 0.2) is 0 Å². The average molecular weight is 272 g/mol. The van der Waals surface area contributed by atoms with Crippen LogP contribution < -0.4 is 5.73 Å². The van der Waals surface area contributed by atoms with E-state index in [1.54, 1.807) is 0 Å². The molecule has 3 rings (SSSR count). The fourth-order valence-electron chi connectivity index (χ4n) is 3.18. The molecular weight excluding hydrogens is 248 g/mol. The number of nitrogens with zero attached hydrogens (tertiary/aromatic N) is 3. The molecule has 0 saturated heterocycles. The van der Waals surface area contributed by atoms with Crippen molar-refractivity contribution in [3.05, 3.63) is 30.2 Å². The highest BCUT2D eigenvalue weighted by Gasteiger charge is 2.17. The molecule has 0 spiro atoms. The molecule has 0 atom stereocenters. The van der Waals surface area contributed by atoms with Crippen molar-refractivity contribution in [3.63, 3.8) is 0 Å². The fourth-order valence-corrected chi connectivity index (χ4v) is 3.18. The number of likely N-dealkylation sites (N-methyl/N-ethyl adjacent to an activating group) is 1. The molecule has 108 valence electrons. The Balaban J connectivity index is 1.61. The average Bonchev–Trinajstić information content (AvgIpc) is 2.87. The van der Waals surface area contributed by atoms with Crippen molar-refractivity contribution in [2.45, 2.75) is 44.6 Å². The van der Waals surface area contributed by atoms with Crippen molar-refractivity contribution in [3.8, 4) is 0 Å². The van der Waals surface area contributed by atoms with E-state index in [-0.39, 0.29) is 0 Å². The number of nitrogens with two attached hydrogens (primary N) is 1. The van der Waals surface area contributed by atoms with Crippen LogP contribution in [0.2, 0.25) is 0 Å². The normalized spacial score (nSPS) is 17.1. The van der Waals surface area contributed by atoms with Gasteiger partial charge >= 0.3 is 0 Å². The highest BCUT2D eigenvalue weighted by atomic mass is 15.1. The van der Waals surface area contributed by atoms with E-state index in [0.717, 1.165) is 36.0 Å². The summed E-state index contributed by atoms with van der Waals surface area (Å²) in [6.45, 7) is 1.09. The van der Waals surface area contributed by atoms with E-state index < -0.39 is 0 Å². The molecule has 1 aliphatic rings. The first-order valence-electron chi connectivity index (χ1n) is 7.66. The van der Waals surface area contributed by atoms with Crippen molar-refractivity contribution in [2.24, 2.45) is 0 Å². The summed E-state index contributed by atoms with van der Waals surface area (Å²) >= 11 is 0. The van der Waals surface area contributed by atoms with E-state index in [1.807, 2.05) is 22.7 Å². The third-order valence-corrected chi connectivity index (χ3v) is 4.44. The Morgan fingerprint density at radius 2 is 2.05 bits per heavy atom. The van der Waals surface area contributed by atoms with Crippen molar-refractivity contribution in [1.29, 1.82) is 0 Å². The molecule has 4 heteroatoms. The van der Waals surface area contributed by atoms with Gasteiger partial charge in [0.05, 0.1) is 5.69 Å². The highest BCUT2D eigenvalue weighted by molar-refractivity contribution is 5.48. The van der Waals surface area contributed by atoms with Crippen molar-refractivity contribution < 1.29 is 0 Å². The van der Waals surface area contributed by atoms with Gasteiger partial charge in [-0.1, -0.05) is 19.3 Å². The molecule has 1 saturated carbocycles. The first-order chi connectivity index (χ1) is 9.72. The zero-order valence-corrected chi connectivity index (χ0v) is 12.3. The SMILES string of the molecule is CN(CCc1cn2cc(N)ccc2n1)C1CCCCC1. The number of aromatic nitrogens is 2. The Morgan fingerprint density at radius 1 is 1.25 bits per heavy atom. The van der Waals surface area contributed by atoms with Crippen LogP contribution in [0.15, 0.2) is 24.5 Å². The quantitative estimate of drug-likeness (QED) is 0.931. The third-order valence-electron chi connectivity index (χ3n) is 4.44. The lowest BCUT2D eigenvalue weighted by atomic mass is 9.94. The van der Waals surface area contributed by atoms with E-state index in [9.17, 15) is 0 Å². The van der Waals surface area contributed by atoms with Gasteiger partial charge in [-0.3, -0.25) is 0 Å². The predicted molar refractivity (Wildman–Crippen MR) is 82.8 cm³/mol. The molecule has 4 nitrogen and oxygen atoms in total. The predicted octanol–water partition coefficient (Wildman–Crippen LogP) is 2.72. The highest BCUT2D eigenvalue weighted by Crippen LogP contribution is 2.21. The Morgan fingerprint density at radius 3 is 2.85 bits per heavy atom. The third kappa shape index (κ3) is 2.96. The van der Waals surface area contributed by atoms with Gasteiger partial charge in [0, 0.05) is 37.1 Å². The van der Waals surface area contributed by atoms with Crippen LogP contribution in [0, 0.1) is 0 Å². The summed E-state index contributed by atoms with van der Waals surface area (Å²) in [5, 5.41) is 0. The Kier molecular flexibility index (Phi) is 3.92. The molecular formula is C16H24N4. The van der Waals surface area contributed by atoms with Gasteiger partial charge in [-0.25, -0.2) is 4.98 Å². The molecule has 0 radical (unpaired) electrons. The van der Waals surface area contributed by atoms with Crippen LogP contribution in [0.4, 0.5) is 5.69 Å². The van der Waals surface area contributed by atoms with Gasteiger partial charge in [0.25, 0.3) is 0 Å². The summed E-state index contributed by atoms with van der Waals surface area (Å²) in [6, 6.07) is 4.65. The largest absolute Gasteiger partial charge is 0.398 e. The van der Waals surface area contributed by atoms with Crippen LogP contribution in [0.25, 0.3) is 5.65 Å².